The van der Waals surface area contributed by atoms with E-state index in [4.69, 9.17) is 4.74 Å². The number of rotatable bonds is 4. The van der Waals surface area contributed by atoms with Crippen molar-refractivity contribution in [1.29, 1.82) is 0 Å². The molecule has 5 heteroatoms. The van der Waals surface area contributed by atoms with Crippen LogP contribution in [0.4, 0.5) is 5.82 Å². The molecule has 3 rings (SSSR count). The van der Waals surface area contributed by atoms with Gasteiger partial charge < -0.3 is 9.64 Å². The molecule has 0 spiro atoms. The molecule has 0 aliphatic carbocycles. The van der Waals surface area contributed by atoms with Crippen LogP contribution < -0.4 is 4.90 Å². The van der Waals surface area contributed by atoms with Crippen LogP contribution in [0.2, 0.25) is 0 Å². The fourth-order valence-electron chi connectivity index (χ4n) is 2.84. The average Bonchev–Trinajstić information content (AvgIpc) is 2.85. The van der Waals surface area contributed by atoms with Crippen LogP contribution in [0.3, 0.4) is 0 Å². The van der Waals surface area contributed by atoms with Gasteiger partial charge in [0.05, 0.1) is 5.69 Å². The molecule has 0 amide bonds. The molecule has 3 heterocycles. The summed E-state index contributed by atoms with van der Waals surface area (Å²) in [6.07, 6.45) is 7.31. The van der Waals surface area contributed by atoms with Gasteiger partial charge in [-0.05, 0) is 38.2 Å². The van der Waals surface area contributed by atoms with Crippen LogP contribution in [0.1, 0.15) is 25.0 Å². The Balaban J connectivity index is 1.70. The normalized spacial score (nSPS) is 16.7. The molecule has 0 unspecified atom stereocenters. The van der Waals surface area contributed by atoms with E-state index in [1.165, 1.54) is 19.3 Å². The van der Waals surface area contributed by atoms with Crippen LogP contribution in [-0.2, 0) is 4.74 Å². The van der Waals surface area contributed by atoms with E-state index in [1.807, 2.05) is 23.8 Å². The Kier molecular flexibility index (Phi) is 3.87. The molecule has 108 valence electrons. The first kappa shape index (κ1) is 13.4. The van der Waals surface area contributed by atoms with Crippen molar-refractivity contribution in [3.05, 3.63) is 24.2 Å². The Bertz CT molecular complexity index is 574. The molecule has 1 saturated heterocycles. The van der Waals surface area contributed by atoms with Gasteiger partial charge in [0.2, 0.25) is 0 Å². The summed E-state index contributed by atoms with van der Waals surface area (Å²) in [6.45, 7) is 4.88. The van der Waals surface area contributed by atoms with Crippen molar-refractivity contribution in [3.63, 3.8) is 0 Å². The lowest BCUT2D eigenvalue weighted by Gasteiger charge is -2.25. The summed E-state index contributed by atoms with van der Waals surface area (Å²) < 4.78 is 7.32. The second kappa shape index (κ2) is 5.79. The third-order valence-corrected chi connectivity index (χ3v) is 4.07. The Morgan fingerprint density at radius 3 is 3.00 bits per heavy atom. The number of aryl methyl sites for hydroxylation is 1. The van der Waals surface area contributed by atoms with E-state index < -0.39 is 0 Å². The standard InChI is InChI=1S/C15H22N4O/c1-12-11-14-15(16-6-8-19(14)17-12)18(2)7-3-13-4-9-20-10-5-13/h6,8,11,13H,3-5,7,9-10H2,1-2H3. The predicted octanol–water partition coefficient (Wildman–Crippen LogP) is 2.29. The first-order chi connectivity index (χ1) is 9.74. The van der Waals surface area contributed by atoms with Crippen LogP contribution in [-0.4, -0.2) is 41.4 Å². The molecule has 5 nitrogen and oxygen atoms in total. The SMILES string of the molecule is Cc1cc2c(N(C)CCC3CCOCC3)nccn2n1. The Hall–Kier alpha value is -1.62. The van der Waals surface area contributed by atoms with Crippen molar-refractivity contribution in [2.75, 3.05) is 31.7 Å². The highest BCUT2D eigenvalue weighted by molar-refractivity contribution is 5.68. The van der Waals surface area contributed by atoms with E-state index in [2.05, 4.69) is 28.1 Å². The zero-order valence-corrected chi connectivity index (χ0v) is 12.2. The summed E-state index contributed by atoms with van der Waals surface area (Å²) in [4.78, 5) is 6.77. The van der Waals surface area contributed by atoms with Crippen LogP contribution >= 0.6 is 0 Å². The van der Waals surface area contributed by atoms with Gasteiger partial charge in [-0.15, -0.1) is 0 Å². The molecule has 2 aromatic rings. The lowest BCUT2D eigenvalue weighted by molar-refractivity contribution is 0.0645. The van der Waals surface area contributed by atoms with E-state index in [0.29, 0.717) is 0 Å². The molecule has 2 aromatic heterocycles. The topological polar surface area (TPSA) is 42.7 Å². The highest BCUT2D eigenvalue weighted by Crippen LogP contribution is 2.22. The lowest BCUT2D eigenvalue weighted by Crippen LogP contribution is -2.25. The minimum absolute atomic E-state index is 0.789. The molecule has 0 bridgehead atoms. The van der Waals surface area contributed by atoms with Gasteiger partial charge in [-0.25, -0.2) is 9.50 Å². The zero-order chi connectivity index (χ0) is 13.9. The van der Waals surface area contributed by atoms with E-state index in [-0.39, 0.29) is 0 Å². The molecular formula is C15H22N4O. The maximum Gasteiger partial charge on any atom is 0.154 e. The summed E-state index contributed by atoms with van der Waals surface area (Å²) >= 11 is 0. The Morgan fingerprint density at radius 1 is 1.40 bits per heavy atom. The number of anilines is 1. The lowest BCUT2D eigenvalue weighted by atomic mass is 9.96. The molecule has 1 aliphatic rings. The van der Waals surface area contributed by atoms with Crippen LogP contribution in [0, 0.1) is 12.8 Å². The minimum Gasteiger partial charge on any atom is -0.381 e. The van der Waals surface area contributed by atoms with Crippen LogP contribution in [0.15, 0.2) is 18.5 Å². The molecule has 1 fully saturated rings. The Labute approximate surface area is 119 Å². The minimum atomic E-state index is 0.789. The van der Waals surface area contributed by atoms with Crippen molar-refractivity contribution in [2.45, 2.75) is 26.2 Å². The number of aromatic nitrogens is 3. The first-order valence-electron chi connectivity index (χ1n) is 7.34. The van der Waals surface area contributed by atoms with Crippen molar-refractivity contribution >= 4 is 11.3 Å². The van der Waals surface area contributed by atoms with Gasteiger partial charge in [0.25, 0.3) is 0 Å². The molecule has 1 aliphatic heterocycles. The van der Waals surface area contributed by atoms with E-state index in [0.717, 1.165) is 42.7 Å². The van der Waals surface area contributed by atoms with E-state index >= 15 is 0 Å². The third kappa shape index (κ3) is 2.77. The van der Waals surface area contributed by atoms with Crippen LogP contribution in [0.5, 0.6) is 0 Å². The summed E-state index contributed by atoms with van der Waals surface area (Å²) in [6, 6.07) is 2.09. The van der Waals surface area contributed by atoms with Crippen LogP contribution in [0.25, 0.3) is 5.52 Å². The quantitative estimate of drug-likeness (QED) is 0.858. The highest BCUT2D eigenvalue weighted by atomic mass is 16.5. The molecule has 20 heavy (non-hydrogen) atoms. The van der Waals surface area contributed by atoms with Crippen molar-refractivity contribution in [3.8, 4) is 0 Å². The zero-order valence-electron chi connectivity index (χ0n) is 12.2. The van der Waals surface area contributed by atoms with Gasteiger partial charge >= 0.3 is 0 Å². The van der Waals surface area contributed by atoms with Gasteiger partial charge in [-0.2, -0.15) is 5.10 Å². The van der Waals surface area contributed by atoms with Gasteiger partial charge in [0, 0.05) is 39.2 Å². The monoisotopic (exact) mass is 274 g/mol. The summed E-state index contributed by atoms with van der Waals surface area (Å²) in [5.41, 5.74) is 2.11. The fourth-order valence-corrected chi connectivity index (χ4v) is 2.84. The van der Waals surface area contributed by atoms with Gasteiger partial charge in [0.15, 0.2) is 5.82 Å². The number of hydrogen-bond donors (Lipinski definition) is 0. The van der Waals surface area contributed by atoms with Crippen molar-refractivity contribution < 1.29 is 4.74 Å². The second-order valence-electron chi connectivity index (χ2n) is 5.63. The first-order valence-corrected chi connectivity index (χ1v) is 7.34. The molecule has 0 N–H and O–H groups in total. The summed E-state index contributed by atoms with van der Waals surface area (Å²) in [5.74, 6) is 1.80. The van der Waals surface area contributed by atoms with E-state index in [9.17, 15) is 0 Å². The fraction of sp³-hybridized carbons (Fsp3) is 0.600. The predicted molar refractivity (Wildman–Crippen MR) is 79.2 cm³/mol. The number of nitrogens with zero attached hydrogens (tertiary/aromatic N) is 4. The smallest absolute Gasteiger partial charge is 0.154 e. The summed E-state index contributed by atoms with van der Waals surface area (Å²) in [5, 5.41) is 4.44. The van der Waals surface area contributed by atoms with Gasteiger partial charge in [-0.3, -0.25) is 0 Å². The second-order valence-corrected chi connectivity index (χ2v) is 5.63. The molecule has 0 aromatic carbocycles. The average molecular weight is 274 g/mol. The van der Waals surface area contributed by atoms with Gasteiger partial charge in [-0.1, -0.05) is 0 Å². The molecule has 0 atom stereocenters. The Morgan fingerprint density at radius 2 is 2.20 bits per heavy atom. The van der Waals surface area contributed by atoms with Gasteiger partial charge in [0.1, 0.15) is 5.52 Å². The number of ether oxygens (including phenoxy) is 1. The molecule has 0 radical (unpaired) electrons. The maximum absolute atomic E-state index is 5.41. The van der Waals surface area contributed by atoms with E-state index in [1.54, 1.807) is 0 Å². The molecule has 0 saturated carbocycles. The van der Waals surface area contributed by atoms with Crippen molar-refractivity contribution in [1.82, 2.24) is 14.6 Å². The largest absolute Gasteiger partial charge is 0.381 e. The molecular weight excluding hydrogens is 252 g/mol. The highest BCUT2D eigenvalue weighted by Gasteiger charge is 2.16. The number of fused-ring (bicyclic) bond motifs is 1. The number of hydrogen-bond acceptors (Lipinski definition) is 4. The third-order valence-electron chi connectivity index (χ3n) is 4.07. The maximum atomic E-state index is 5.41. The van der Waals surface area contributed by atoms with Crippen molar-refractivity contribution in [2.24, 2.45) is 5.92 Å². The summed E-state index contributed by atoms with van der Waals surface area (Å²) in [7, 11) is 2.12.